The van der Waals surface area contributed by atoms with Gasteiger partial charge in [0.2, 0.25) is 0 Å². The summed E-state index contributed by atoms with van der Waals surface area (Å²) >= 11 is 1.84. The molecule has 1 aromatic rings. The molecule has 0 fully saturated rings. The minimum absolute atomic E-state index is 0.140. The molecule has 0 spiro atoms. The van der Waals surface area contributed by atoms with Gasteiger partial charge < -0.3 is 0 Å². The minimum atomic E-state index is 0.140. The Morgan fingerprint density at radius 1 is 1.24 bits per heavy atom. The van der Waals surface area contributed by atoms with E-state index in [2.05, 4.69) is 63.2 Å². The molecule has 1 N–H and O–H groups in total. The lowest BCUT2D eigenvalue weighted by Gasteiger charge is -2.17. The average molecular weight is 252 g/mol. The molecule has 2 nitrogen and oxygen atoms in total. The fraction of sp³-hybridized carbons (Fsp3) is 0.643. The molecule has 3 heteroatoms. The van der Waals surface area contributed by atoms with E-state index in [1.165, 1.54) is 5.56 Å². The summed E-state index contributed by atoms with van der Waals surface area (Å²) in [5.41, 5.74) is 2.83. The van der Waals surface area contributed by atoms with Crippen LogP contribution in [0, 0.1) is 5.41 Å². The highest BCUT2D eigenvalue weighted by Gasteiger charge is 2.18. The van der Waals surface area contributed by atoms with Gasteiger partial charge in [0, 0.05) is 17.5 Å². The summed E-state index contributed by atoms with van der Waals surface area (Å²) in [5.74, 6) is 1.12. The number of nitrogens with zero attached hydrogens (tertiary/aromatic N) is 1. The van der Waals surface area contributed by atoms with Gasteiger partial charge in [0.15, 0.2) is 0 Å². The number of nitrogens with one attached hydrogen (secondary N) is 1. The molecular weight excluding hydrogens is 228 g/mol. The summed E-state index contributed by atoms with van der Waals surface area (Å²) in [6.07, 6.45) is 4.10. The second-order valence-electron chi connectivity index (χ2n) is 6.61. The van der Waals surface area contributed by atoms with Gasteiger partial charge in [-0.15, -0.1) is 11.8 Å². The fourth-order valence-corrected chi connectivity index (χ4v) is 2.26. The molecule has 0 aliphatic heterocycles. The first-order valence-corrected chi connectivity index (χ1v) is 7.07. The number of thioether (sulfide) groups is 1. The maximum absolute atomic E-state index is 4.29. The smallest absolute Gasteiger partial charge is 0.0890 e. The zero-order chi connectivity index (χ0) is 13.1. The summed E-state index contributed by atoms with van der Waals surface area (Å²) in [5, 5.41) is 9.39. The summed E-state index contributed by atoms with van der Waals surface area (Å²) in [6, 6.07) is 0. The summed E-state index contributed by atoms with van der Waals surface area (Å²) in [4.78, 5) is 0. The Morgan fingerprint density at radius 3 is 2.41 bits per heavy atom. The minimum Gasteiger partial charge on any atom is -0.285 e. The van der Waals surface area contributed by atoms with Gasteiger partial charge in [-0.3, -0.25) is 5.10 Å². The highest BCUT2D eigenvalue weighted by Crippen LogP contribution is 2.26. The molecule has 0 aliphatic carbocycles. The molecule has 0 saturated heterocycles. The molecule has 0 radical (unpaired) electrons. The maximum Gasteiger partial charge on any atom is 0.0890 e. The SMILES string of the molecule is CC(C)(C)CSC=Cc1n[nH]cc1C(C)(C)C. The number of aromatic amines is 1. The highest BCUT2D eigenvalue weighted by molar-refractivity contribution is 8.02. The van der Waals surface area contributed by atoms with Crippen LogP contribution in [-0.2, 0) is 5.41 Å². The van der Waals surface area contributed by atoms with Crippen molar-refractivity contribution in [3.63, 3.8) is 0 Å². The van der Waals surface area contributed by atoms with Gasteiger partial charge in [-0.1, -0.05) is 41.5 Å². The Balaban J connectivity index is 2.64. The Labute approximate surface area is 109 Å². The summed E-state index contributed by atoms with van der Waals surface area (Å²) in [6.45, 7) is 13.4. The van der Waals surface area contributed by atoms with Crippen LogP contribution in [0.25, 0.3) is 6.08 Å². The van der Waals surface area contributed by atoms with Crippen molar-refractivity contribution in [1.29, 1.82) is 0 Å². The molecule has 0 amide bonds. The lowest BCUT2D eigenvalue weighted by molar-refractivity contribution is 0.481. The second kappa shape index (κ2) is 5.30. The van der Waals surface area contributed by atoms with Crippen LogP contribution in [0.5, 0.6) is 0 Å². The van der Waals surface area contributed by atoms with Crippen LogP contribution in [-0.4, -0.2) is 16.0 Å². The predicted molar refractivity (Wildman–Crippen MR) is 78.2 cm³/mol. The van der Waals surface area contributed by atoms with Gasteiger partial charge in [-0.25, -0.2) is 0 Å². The van der Waals surface area contributed by atoms with E-state index in [4.69, 9.17) is 0 Å². The molecule has 96 valence electrons. The first-order chi connectivity index (χ1) is 7.70. The molecule has 1 aromatic heterocycles. The van der Waals surface area contributed by atoms with E-state index in [0.29, 0.717) is 5.41 Å². The lowest BCUT2D eigenvalue weighted by atomic mass is 9.87. The number of rotatable bonds is 3. The molecule has 17 heavy (non-hydrogen) atoms. The standard InChI is InChI=1S/C14H24N2S/c1-13(2,3)10-17-8-7-12-11(9-15-16-12)14(4,5)6/h7-9H,10H2,1-6H3,(H,15,16). The van der Waals surface area contributed by atoms with Crippen molar-refractivity contribution in [2.45, 2.75) is 47.0 Å². The maximum atomic E-state index is 4.29. The predicted octanol–water partition coefficient (Wildman–Crippen LogP) is 4.46. The monoisotopic (exact) mass is 252 g/mol. The average Bonchev–Trinajstić information content (AvgIpc) is 2.58. The first kappa shape index (κ1) is 14.4. The normalized spacial score (nSPS) is 13.5. The van der Waals surface area contributed by atoms with Gasteiger partial charge in [-0.05, 0) is 22.3 Å². The van der Waals surface area contributed by atoms with Crippen LogP contribution >= 0.6 is 11.8 Å². The van der Waals surface area contributed by atoms with E-state index in [1.807, 2.05) is 18.0 Å². The molecule has 0 atom stereocenters. The Hall–Kier alpha value is -0.700. The molecule has 0 unspecified atom stereocenters. The van der Waals surface area contributed by atoms with Gasteiger partial charge in [0.05, 0.1) is 5.69 Å². The van der Waals surface area contributed by atoms with Crippen molar-refractivity contribution in [3.05, 3.63) is 22.9 Å². The molecule has 1 rings (SSSR count). The number of aromatic nitrogens is 2. The van der Waals surface area contributed by atoms with E-state index in [-0.39, 0.29) is 5.41 Å². The van der Waals surface area contributed by atoms with Crippen molar-refractivity contribution in [3.8, 4) is 0 Å². The van der Waals surface area contributed by atoms with Crippen molar-refractivity contribution in [2.75, 3.05) is 5.75 Å². The highest BCUT2D eigenvalue weighted by atomic mass is 32.2. The van der Waals surface area contributed by atoms with E-state index < -0.39 is 0 Å². The lowest BCUT2D eigenvalue weighted by Crippen LogP contribution is -2.11. The third kappa shape index (κ3) is 4.99. The van der Waals surface area contributed by atoms with Crippen LogP contribution in [0.4, 0.5) is 0 Å². The third-order valence-corrected chi connectivity index (χ3v) is 3.68. The van der Waals surface area contributed by atoms with E-state index >= 15 is 0 Å². The zero-order valence-electron chi connectivity index (χ0n) is 11.8. The molecular formula is C14H24N2S. The van der Waals surface area contributed by atoms with Gasteiger partial charge >= 0.3 is 0 Å². The summed E-state index contributed by atoms with van der Waals surface area (Å²) in [7, 11) is 0. The Bertz CT molecular complexity index is 378. The molecule has 0 bridgehead atoms. The van der Waals surface area contributed by atoms with Crippen LogP contribution in [0.2, 0.25) is 0 Å². The van der Waals surface area contributed by atoms with Gasteiger partial charge in [-0.2, -0.15) is 5.10 Å². The Morgan fingerprint density at radius 2 is 1.88 bits per heavy atom. The molecule has 0 aromatic carbocycles. The van der Waals surface area contributed by atoms with Crippen molar-refractivity contribution in [1.82, 2.24) is 10.2 Å². The van der Waals surface area contributed by atoms with E-state index in [0.717, 1.165) is 11.4 Å². The van der Waals surface area contributed by atoms with Gasteiger partial charge in [0.1, 0.15) is 0 Å². The number of hydrogen-bond acceptors (Lipinski definition) is 2. The fourth-order valence-electron chi connectivity index (χ4n) is 1.44. The topological polar surface area (TPSA) is 28.7 Å². The van der Waals surface area contributed by atoms with Crippen LogP contribution in [0.3, 0.4) is 0 Å². The zero-order valence-corrected chi connectivity index (χ0v) is 12.6. The molecule has 0 saturated carbocycles. The molecule has 0 aliphatic rings. The quantitative estimate of drug-likeness (QED) is 0.860. The van der Waals surface area contributed by atoms with Crippen molar-refractivity contribution in [2.24, 2.45) is 5.41 Å². The third-order valence-electron chi connectivity index (χ3n) is 2.32. The van der Waals surface area contributed by atoms with Crippen LogP contribution in [0.15, 0.2) is 11.6 Å². The van der Waals surface area contributed by atoms with Gasteiger partial charge in [0.25, 0.3) is 0 Å². The largest absolute Gasteiger partial charge is 0.285 e. The van der Waals surface area contributed by atoms with Crippen LogP contribution < -0.4 is 0 Å². The van der Waals surface area contributed by atoms with Crippen molar-refractivity contribution >= 4 is 17.8 Å². The number of hydrogen-bond donors (Lipinski definition) is 1. The second-order valence-corrected chi connectivity index (χ2v) is 7.50. The van der Waals surface area contributed by atoms with Crippen molar-refractivity contribution < 1.29 is 0 Å². The Kier molecular flexibility index (Phi) is 4.48. The number of H-pyrrole nitrogens is 1. The van der Waals surface area contributed by atoms with E-state index in [1.54, 1.807) is 0 Å². The van der Waals surface area contributed by atoms with E-state index in [9.17, 15) is 0 Å². The first-order valence-electron chi connectivity index (χ1n) is 6.02. The van der Waals surface area contributed by atoms with Crippen LogP contribution in [0.1, 0.15) is 52.8 Å². The summed E-state index contributed by atoms with van der Waals surface area (Å²) < 4.78 is 0. The molecule has 1 heterocycles.